The number of nitrogen functional groups attached to an aromatic ring is 2. The van der Waals surface area contributed by atoms with Gasteiger partial charge in [0.05, 0.1) is 11.1 Å². The molecule has 5 rings (SSSR count). The number of benzene rings is 5. The van der Waals surface area contributed by atoms with Crippen molar-refractivity contribution < 1.29 is 19.8 Å². The van der Waals surface area contributed by atoms with Gasteiger partial charge in [0, 0.05) is 32.9 Å². The molecule has 0 heterocycles. The van der Waals surface area contributed by atoms with Crippen molar-refractivity contribution in [2.75, 3.05) is 11.5 Å². The van der Waals surface area contributed by atoms with Crippen molar-refractivity contribution in [1.82, 2.24) is 0 Å². The highest BCUT2D eigenvalue weighted by Gasteiger charge is 2.21. The SMILES string of the molecule is Nc1ccc2c3ccc(C(=O)O)c4c(N)ccc(c5ccc(C(=O)O)c1c25)c43. The Morgan fingerprint density at radius 1 is 0.536 bits per heavy atom. The molecule has 6 heteroatoms. The summed E-state index contributed by atoms with van der Waals surface area (Å²) in [6.45, 7) is 0. The molecule has 136 valence electrons. The minimum absolute atomic E-state index is 0.135. The van der Waals surface area contributed by atoms with E-state index < -0.39 is 11.9 Å². The first kappa shape index (κ1) is 16.1. The second-order valence-corrected chi connectivity index (χ2v) is 6.84. The van der Waals surface area contributed by atoms with E-state index in [1.807, 2.05) is 12.1 Å². The van der Waals surface area contributed by atoms with Crippen LogP contribution in [-0.4, -0.2) is 22.2 Å². The zero-order chi connectivity index (χ0) is 19.7. The van der Waals surface area contributed by atoms with Crippen molar-refractivity contribution in [2.45, 2.75) is 0 Å². The molecule has 0 radical (unpaired) electrons. The van der Waals surface area contributed by atoms with E-state index in [4.69, 9.17) is 11.5 Å². The van der Waals surface area contributed by atoms with Gasteiger partial charge >= 0.3 is 11.9 Å². The van der Waals surface area contributed by atoms with Crippen LogP contribution in [0.1, 0.15) is 20.7 Å². The Balaban J connectivity index is 2.18. The average molecular weight is 370 g/mol. The number of nitrogens with two attached hydrogens (primary N) is 2. The number of anilines is 2. The summed E-state index contributed by atoms with van der Waals surface area (Å²) in [5.41, 5.74) is 13.3. The van der Waals surface area contributed by atoms with Crippen molar-refractivity contribution in [3.05, 3.63) is 59.7 Å². The van der Waals surface area contributed by atoms with Crippen molar-refractivity contribution in [1.29, 1.82) is 0 Å². The Morgan fingerprint density at radius 2 is 0.857 bits per heavy atom. The highest BCUT2D eigenvalue weighted by Crippen LogP contribution is 2.44. The third-order valence-corrected chi connectivity index (χ3v) is 5.43. The molecule has 28 heavy (non-hydrogen) atoms. The zero-order valence-electron chi connectivity index (χ0n) is 14.5. The molecule has 0 unspecified atom stereocenters. The highest BCUT2D eigenvalue weighted by molar-refractivity contribution is 6.37. The van der Waals surface area contributed by atoms with Crippen molar-refractivity contribution in [3.63, 3.8) is 0 Å². The van der Waals surface area contributed by atoms with Gasteiger partial charge in [-0.3, -0.25) is 0 Å². The van der Waals surface area contributed by atoms with Crippen LogP contribution in [0.4, 0.5) is 11.4 Å². The van der Waals surface area contributed by atoms with Crippen LogP contribution in [0.3, 0.4) is 0 Å². The van der Waals surface area contributed by atoms with E-state index in [0.717, 1.165) is 32.3 Å². The van der Waals surface area contributed by atoms with Gasteiger partial charge in [0.2, 0.25) is 0 Å². The number of carbonyl (C=O) groups is 2. The molecule has 0 spiro atoms. The maximum atomic E-state index is 11.8. The van der Waals surface area contributed by atoms with Crippen LogP contribution in [-0.2, 0) is 0 Å². The lowest BCUT2D eigenvalue weighted by molar-refractivity contribution is 0.0688. The molecule has 0 amide bonds. The van der Waals surface area contributed by atoms with E-state index in [0.29, 0.717) is 22.1 Å². The Labute approximate surface area is 157 Å². The van der Waals surface area contributed by atoms with Crippen LogP contribution in [0.2, 0.25) is 0 Å². The Bertz CT molecular complexity index is 1350. The summed E-state index contributed by atoms with van der Waals surface area (Å²) in [5.74, 6) is -2.10. The minimum Gasteiger partial charge on any atom is -0.478 e. The second-order valence-electron chi connectivity index (χ2n) is 6.84. The normalized spacial score (nSPS) is 11.7. The molecule has 0 saturated carbocycles. The molecule has 6 nitrogen and oxygen atoms in total. The van der Waals surface area contributed by atoms with Crippen LogP contribution < -0.4 is 11.5 Å². The molecule has 0 atom stereocenters. The first-order valence-electron chi connectivity index (χ1n) is 8.58. The van der Waals surface area contributed by atoms with Gasteiger partial charge in [-0.1, -0.05) is 24.3 Å². The number of fused-ring (bicyclic) bond motifs is 2. The third-order valence-electron chi connectivity index (χ3n) is 5.43. The van der Waals surface area contributed by atoms with Crippen molar-refractivity contribution >= 4 is 66.4 Å². The first-order chi connectivity index (χ1) is 13.4. The molecule has 0 aromatic heterocycles. The van der Waals surface area contributed by atoms with Gasteiger partial charge < -0.3 is 21.7 Å². The number of carboxylic acids is 2. The monoisotopic (exact) mass is 370 g/mol. The average Bonchev–Trinajstić information content (AvgIpc) is 2.67. The van der Waals surface area contributed by atoms with Gasteiger partial charge in [-0.05, 0) is 45.8 Å². The van der Waals surface area contributed by atoms with Gasteiger partial charge in [-0.25, -0.2) is 9.59 Å². The smallest absolute Gasteiger partial charge is 0.336 e. The first-order valence-corrected chi connectivity index (χ1v) is 8.58. The molecule has 0 aliphatic carbocycles. The molecule has 0 fully saturated rings. The van der Waals surface area contributed by atoms with Gasteiger partial charge in [0.25, 0.3) is 0 Å². The molecule has 0 bridgehead atoms. The molecular formula is C22H14N2O4. The quantitative estimate of drug-likeness (QED) is 0.208. The van der Waals surface area contributed by atoms with Gasteiger partial charge in [-0.2, -0.15) is 0 Å². The van der Waals surface area contributed by atoms with E-state index in [1.54, 1.807) is 24.3 Å². The van der Waals surface area contributed by atoms with E-state index in [2.05, 4.69) is 0 Å². The summed E-state index contributed by atoms with van der Waals surface area (Å²) in [6.07, 6.45) is 0. The summed E-state index contributed by atoms with van der Waals surface area (Å²) in [6, 6.07) is 13.6. The van der Waals surface area contributed by atoms with Crippen LogP contribution >= 0.6 is 0 Å². The summed E-state index contributed by atoms with van der Waals surface area (Å²) >= 11 is 0. The summed E-state index contributed by atoms with van der Waals surface area (Å²) < 4.78 is 0. The highest BCUT2D eigenvalue weighted by atomic mass is 16.4. The standard InChI is InChI=1S/C22H14N2O4/c23-15-8-6-12-10-2-4-14(22(27)28)20-16(24)7-5-11(18(10)20)9-1-3-13(21(25)26)19(15)17(9)12/h1-8H,23-24H2,(H,25,26)(H,27,28). The van der Waals surface area contributed by atoms with E-state index in [-0.39, 0.29) is 11.1 Å². The summed E-state index contributed by atoms with van der Waals surface area (Å²) in [7, 11) is 0. The Morgan fingerprint density at radius 3 is 1.18 bits per heavy atom. The van der Waals surface area contributed by atoms with E-state index >= 15 is 0 Å². The third kappa shape index (κ3) is 1.86. The van der Waals surface area contributed by atoms with Crippen LogP contribution in [0.25, 0.3) is 43.1 Å². The fourth-order valence-corrected chi connectivity index (χ4v) is 4.30. The predicted molar refractivity (Wildman–Crippen MR) is 110 cm³/mol. The molecule has 0 saturated heterocycles. The summed E-state index contributed by atoms with van der Waals surface area (Å²) in [4.78, 5) is 23.5. The summed E-state index contributed by atoms with van der Waals surface area (Å²) in [5, 5.41) is 25.0. The van der Waals surface area contributed by atoms with Crippen LogP contribution in [0.5, 0.6) is 0 Å². The number of hydrogen-bond donors (Lipinski definition) is 4. The van der Waals surface area contributed by atoms with E-state index in [1.165, 1.54) is 12.1 Å². The van der Waals surface area contributed by atoms with E-state index in [9.17, 15) is 19.8 Å². The van der Waals surface area contributed by atoms with Crippen molar-refractivity contribution in [3.8, 4) is 0 Å². The van der Waals surface area contributed by atoms with Gasteiger partial charge in [0.15, 0.2) is 0 Å². The molecular weight excluding hydrogens is 356 g/mol. The number of carboxylic acid groups (broad SMARTS) is 2. The molecule has 6 N–H and O–H groups in total. The van der Waals surface area contributed by atoms with Crippen LogP contribution in [0.15, 0.2) is 48.5 Å². The Hall–Kier alpha value is -4.06. The lowest BCUT2D eigenvalue weighted by atomic mass is 9.86. The maximum Gasteiger partial charge on any atom is 0.336 e. The number of aromatic carboxylic acids is 2. The zero-order valence-corrected chi connectivity index (χ0v) is 14.5. The molecule has 5 aromatic rings. The fraction of sp³-hybridized carbons (Fsp3) is 0. The largest absolute Gasteiger partial charge is 0.478 e. The Kier molecular flexibility index (Phi) is 3.02. The van der Waals surface area contributed by atoms with Crippen LogP contribution in [0, 0.1) is 0 Å². The molecule has 5 aromatic carbocycles. The second kappa shape index (κ2) is 5.23. The predicted octanol–water partition coefficient (Wildman–Crippen LogP) is 4.30. The molecule has 0 aliphatic rings. The van der Waals surface area contributed by atoms with Gasteiger partial charge in [0.1, 0.15) is 0 Å². The minimum atomic E-state index is -1.05. The lowest BCUT2D eigenvalue weighted by Gasteiger charge is -2.18. The number of rotatable bonds is 2. The van der Waals surface area contributed by atoms with Crippen molar-refractivity contribution in [2.24, 2.45) is 0 Å². The van der Waals surface area contributed by atoms with Gasteiger partial charge in [-0.15, -0.1) is 0 Å². The molecule has 0 aliphatic heterocycles. The topological polar surface area (TPSA) is 127 Å². The maximum absolute atomic E-state index is 11.8. The fourth-order valence-electron chi connectivity index (χ4n) is 4.30. The lowest BCUT2D eigenvalue weighted by Crippen LogP contribution is -2.03. The number of hydrogen-bond acceptors (Lipinski definition) is 4.